The second-order valence-corrected chi connectivity index (χ2v) is 27.0. The van der Waals surface area contributed by atoms with Gasteiger partial charge in [-0.2, -0.15) is 0 Å². The quantitative estimate of drug-likeness (QED) is 0.0320. The minimum absolute atomic E-state index is 0.00858. The first-order chi connectivity index (χ1) is 42.5. The van der Waals surface area contributed by atoms with Gasteiger partial charge in [-0.25, -0.2) is 0 Å². The summed E-state index contributed by atoms with van der Waals surface area (Å²) < 4.78 is 5.50. The SMILES string of the molecule is CCCCCC/C=C\C/C=C\CCCCCCCC(=O)OCCCCCCCCCCCCCCCCCCCCCCCCCCCCCCCCCCCC(=O)NC(CO)C(O)/C=C/CCCCCCCCCCCCCCCCCCCC. The second-order valence-electron chi connectivity index (χ2n) is 27.0. The molecule has 6 nitrogen and oxygen atoms in total. The number of aliphatic hydroxyl groups is 2. The van der Waals surface area contributed by atoms with Crippen molar-refractivity contribution in [3.8, 4) is 0 Å². The summed E-state index contributed by atoms with van der Waals surface area (Å²) in [7, 11) is 0. The highest BCUT2D eigenvalue weighted by molar-refractivity contribution is 5.76. The average molecular weight is 1210 g/mol. The Morgan fingerprint density at radius 1 is 0.326 bits per heavy atom. The number of hydrogen-bond donors (Lipinski definition) is 3. The topological polar surface area (TPSA) is 95.9 Å². The lowest BCUT2D eigenvalue weighted by molar-refractivity contribution is -0.143. The van der Waals surface area contributed by atoms with Gasteiger partial charge in [0.15, 0.2) is 0 Å². The van der Waals surface area contributed by atoms with E-state index in [0.29, 0.717) is 19.4 Å². The number of allylic oxidation sites excluding steroid dienone is 5. The van der Waals surface area contributed by atoms with E-state index in [9.17, 15) is 19.8 Å². The fraction of sp³-hybridized carbons (Fsp3) is 0.900. The molecule has 0 saturated heterocycles. The van der Waals surface area contributed by atoms with Gasteiger partial charge >= 0.3 is 5.97 Å². The van der Waals surface area contributed by atoms with Crippen LogP contribution in [0.5, 0.6) is 0 Å². The largest absolute Gasteiger partial charge is 0.466 e. The number of unbranched alkanes of at least 4 members (excludes halogenated alkanes) is 59. The molecule has 0 aliphatic rings. The monoisotopic (exact) mass is 1210 g/mol. The summed E-state index contributed by atoms with van der Waals surface area (Å²) >= 11 is 0. The van der Waals surface area contributed by atoms with E-state index in [4.69, 9.17) is 4.74 Å². The van der Waals surface area contributed by atoms with Crippen LogP contribution in [0.15, 0.2) is 36.5 Å². The minimum atomic E-state index is -0.842. The predicted octanol–water partition coefficient (Wildman–Crippen LogP) is 25.8. The molecule has 508 valence electrons. The number of esters is 1. The van der Waals surface area contributed by atoms with Crippen LogP contribution in [-0.2, 0) is 14.3 Å². The molecule has 0 aliphatic carbocycles. The fourth-order valence-corrected chi connectivity index (χ4v) is 12.4. The number of amides is 1. The van der Waals surface area contributed by atoms with Crippen LogP contribution >= 0.6 is 0 Å². The highest BCUT2D eigenvalue weighted by Gasteiger charge is 2.18. The van der Waals surface area contributed by atoms with E-state index in [0.717, 1.165) is 51.4 Å². The van der Waals surface area contributed by atoms with Gasteiger partial charge in [0.1, 0.15) is 0 Å². The van der Waals surface area contributed by atoms with E-state index >= 15 is 0 Å². The normalized spacial score (nSPS) is 12.7. The van der Waals surface area contributed by atoms with Gasteiger partial charge in [-0.05, 0) is 64.2 Å². The van der Waals surface area contributed by atoms with Gasteiger partial charge in [0.25, 0.3) is 0 Å². The first-order valence-electron chi connectivity index (χ1n) is 39.3. The van der Waals surface area contributed by atoms with E-state index in [1.807, 2.05) is 6.08 Å². The van der Waals surface area contributed by atoms with Gasteiger partial charge in [-0.3, -0.25) is 9.59 Å². The van der Waals surface area contributed by atoms with Gasteiger partial charge in [-0.1, -0.05) is 397 Å². The van der Waals surface area contributed by atoms with Crippen LogP contribution in [-0.4, -0.2) is 47.4 Å². The van der Waals surface area contributed by atoms with E-state index < -0.39 is 12.1 Å². The molecule has 2 atom stereocenters. The van der Waals surface area contributed by atoms with Crippen molar-refractivity contribution in [2.24, 2.45) is 0 Å². The first kappa shape index (κ1) is 84.1. The zero-order valence-corrected chi connectivity index (χ0v) is 58.3. The number of carbonyl (C=O) groups is 2. The summed E-state index contributed by atoms with van der Waals surface area (Å²) in [6.45, 7) is 4.93. The Kier molecular flexibility index (Phi) is 73.9. The Bertz CT molecular complexity index is 1390. The van der Waals surface area contributed by atoms with E-state index in [1.54, 1.807) is 6.08 Å². The van der Waals surface area contributed by atoms with Crippen molar-refractivity contribution in [2.75, 3.05) is 13.2 Å². The molecule has 0 radical (unpaired) electrons. The zero-order chi connectivity index (χ0) is 62.0. The summed E-state index contributed by atoms with van der Waals surface area (Å²) in [6.07, 6.45) is 98.4. The molecule has 0 aromatic carbocycles. The Labute approximate surface area is 538 Å². The molecule has 6 heteroatoms. The van der Waals surface area contributed by atoms with Gasteiger partial charge in [0.05, 0.1) is 25.4 Å². The maximum atomic E-state index is 12.5. The third-order valence-electron chi connectivity index (χ3n) is 18.4. The smallest absolute Gasteiger partial charge is 0.305 e. The number of ether oxygens (including phenoxy) is 1. The highest BCUT2D eigenvalue weighted by atomic mass is 16.5. The third kappa shape index (κ3) is 71.2. The van der Waals surface area contributed by atoms with Crippen molar-refractivity contribution < 1.29 is 24.5 Å². The fourth-order valence-electron chi connectivity index (χ4n) is 12.4. The lowest BCUT2D eigenvalue weighted by Crippen LogP contribution is -2.45. The maximum Gasteiger partial charge on any atom is 0.305 e. The summed E-state index contributed by atoms with van der Waals surface area (Å²) in [6, 6.07) is -0.625. The molecule has 0 rings (SSSR count). The van der Waals surface area contributed by atoms with Crippen molar-refractivity contribution in [2.45, 2.75) is 450 Å². The van der Waals surface area contributed by atoms with Crippen LogP contribution in [0.1, 0.15) is 438 Å². The van der Waals surface area contributed by atoms with Crippen LogP contribution in [0.25, 0.3) is 0 Å². The van der Waals surface area contributed by atoms with Crippen LogP contribution in [0, 0.1) is 0 Å². The molecule has 0 fully saturated rings. The van der Waals surface area contributed by atoms with Gasteiger partial charge in [-0.15, -0.1) is 0 Å². The number of hydrogen-bond acceptors (Lipinski definition) is 5. The highest BCUT2D eigenvalue weighted by Crippen LogP contribution is 2.20. The Morgan fingerprint density at radius 2 is 0.581 bits per heavy atom. The number of aliphatic hydroxyl groups excluding tert-OH is 2. The molecule has 2 unspecified atom stereocenters. The summed E-state index contributed by atoms with van der Waals surface area (Å²) in [5.74, 6) is -0.0504. The Hall–Kier alpha value is -1.92. The molecule has 0 bridgehead atoms. The Morgan fingerprint density at radius 3 is 0.895 bits per heavy atom. The van der Waals surface area contributed by atoms with Crippen molar-refractivity contribution in [3.63, 3.8) is 0 Å². The van der Waals surface area contributed by atoms with Crippen molar-refractivity contribution in [3.05, 3.63) is 36.5 Å². The second kappa shape index (κ2) is 75.5. The molecule has 3 N–H and O–H groups in total. The molecule has 0 aliphatic heterocycles. The standard InChI is InChI=1S/C80H153NO5/c1-3-5-7-9-11-13-15-17-19-21-22-38-41-44-48-52-56-60-64-68-72-78(83)77(76-82)81-79(84)73-69-65-61-57-53-49-45-42-39-36-34-32-30-28-26-24-23-25-27-29-31-33-35-37-40-43-47-51-55-59-63-67-71-75-86-80(85)74-70-66-62-58-54-50-46-20-18-16-14-12-10-8-6-4-2/h14,16,20,46,68,72,77-78,82-83H,3-13,15,17-19,21-45,47-67,69-71,73-76H2,1-2H3,(H,81,84)/b16-14-,46-20-,72-68+. The van der Waals surface area contributed by atoms with Crippen LogP contribution < -0.4 is 5.32 Å². The van der Waals surface area contributed by atoms with Gasteiger partial charge in [0, 0.05) is 12.8 Å². The van der Waals surface area contributed by atoms with Crippen LogP contribution in [0.4, 0.5) is 0 Å². The maximum absolute atomic E-state index is 12.5. The minimum Gasteiger partial charge on any atom is -0.466 e. The molecule has 0 aromatic rings. The molecule has 0 saturated carbocycles. The average Bonchev–Trinajstić information content (AvgIpc) is 3.54. The van der Waals surface area contributed by atoms with Crippen molar-refractivity contribution >= 4 is 11.9 Å². The van der Waals surface area contributed by atoms with Crippen LogP contribution in [0.2, 0.25) is 0 Å². The lowest BCUT2D eigenvalue weighted by atomic mass is 10.0. The first-order valence-corrected chi connectivity index (χ1v) is 39.3. The summed E-state index contributed by atoms with van der Waals surface area (Å²) in [5.41, 5.74) is 0. The van der Waals surface area contributed by atoms with Crippen LogP contribution in [0.3, 0.4) is 0 Å². The molecule has 0 aromatic heterocycles. The van der Waals surface area contributed by atoms with Gasteiger partial charge < -0.3 is 20.3 Å². The zero-order valence-electron chi connectivity index (χ0n) is 58.3. The molecule has 1 amide bonds. The Balaban J connectivity index is 3.34. The lowest BCUT2D eigenvalue weighted by Gasteiger charge is -2.20. The summed E-state index contributed by atoms with van der Waals surface area (Å²) in [4.78, 5) is 24.6. The predicted molar refractivity (Wildman–Crippen MR) is 379 cm³/mol. The molecule has 0 spiro atoms. The summed E-state index contributed by atoms with van der Waals surface area (Å²) in [5, 5.41) is 23.3. The molecular formula is C80H153NO5. The molecule has 86 heavy (non-hydrogen) atoms. The van der Waals surface area contributed by atoms with E-state index in [2.05, 4.69) is 43.5 Å². The molecule has 0 heterocycles. The number of carbonyl (C=O) groups excluding carboxylic acids is 2. The van der Waals surface area contributed by atoms with E-state index in [1.165, 1.54) is 360 Å². The van der Waals surface area contributed by atoms with Crippen molar-refractivity contribution in [1.82, 2.24) is 5.32 Å². The van der Waals surface area contributed by atoms with Gasteiger partial charge in [0.2, 0.25) is 5.91 Å². The number of nitrogens with one attached hydrogen (secondary N) is 1. The van der Waals surface area contributed by atoms with Crippen molar-refractivity contribution in [1.29, 1.82) is 0 Å². The molecular weight excluding hydrogens is 1050 g/mol. The van der Waals surface area contributed by atoms with E-state index in [-0.39, 0.29) is 18.5 Å². The number of rotatable bonds is 74. The third-order valence-corrected chi connectivity index (χ3v) is 18.4.